The number of rotatable bonds is 5. The Balaban J connectivity index is 3.16. The normalized spacial score (nSPS) is 13.7. The van der Waals surface area contributed by atoms with Crippen molar-refractivity contribution < 1.29 is 20.2 Å². The van der Waals surface area contributed by atoms with Gasteiger partial charge in [0, 0.05) is 12.7 Å². The van der Waals surface area contributed by atoms with E-state index in [0.29, 0.717) is 0 Å². The van der Waals surface area contributed by atoms with E-state index in [-0.39, 0.29) is 24.2 Å². The summed E-state index contributed by atoms with van der Waals surface area (Å²) in [4.78, 5) is 10.1. The topological polar surface area (TPSA) is 128 Å². The number of nitriles is 1. The number of nitro benzene ring substituents is 1. The highest BCUT2D eigenvalue weighted by atomic mass is 16.6. The maximum atomic E-state index is 10.8. The third kappa shape index (κ3) is 3.01. The van der Waals surface area contributed by atoms with E-state index in [9.17, 15) is 20.3 Å². The zero-order valence-electron chi connectivity index (χ0n) is 9.35. The summed E-state index contributed by atoms with van der Waals surface area (Å²) in [6, 6.07) is 5.33. The zero-order chi connectivity index (χ0) is 13.7. The summed E-state index contributed by atoms with van der Waals surface area (Å²) < 4.78 is 0. The van der Waals surface area contributed by atoms with E-state index in [1.165, 1.54) is 12.1 Å². The Morgan fingerprint density at radius 1 is 1.44 bits per heavy atom. The Hall–Kier alpha value is -2.01. The van der Waals surface area contributed by atoms with E-state index in [4.69, 9.17) is 10.4 Å². The van der Waals surface area contributed by atoms with E-state index in [1.807, 2.05) is 0 Å². The lowest BCUT2D eigenvalue weighted by atomic mass is 9.99. The van der Waals surface area contributed by atoms with Crippen LogP contribution in [-0.4, -0.2) is 33.0 Å². The first-order chi connectivity index (χ1) is 8.51. The highest BCUT2D eigenvalue weighted by Crippen LogP contribution is 2.29. The molecule has 2 unspecified atom stereocenters. The molecule has 0 aliphatic rings. The molecule has 0 bridgehead atoms. The van der Waals surface area contributed by atoms with Crippen LogP contribution in [0.2, 0.25) is 0 Å². The Morgan fingerprint density at radius 2 is 2.11 bits per heavy atom. The average Bonchev–Trinajstić information content (AvgIpc) is 2.37. The minimum atomic E-state index is -1.48. The quantitative estimate of drug-likeness (QED) is 0.508. The van der Waals surface area contributed by atoms with Gasteiger partial charge in [-0.1, -0.05) is 0 Å². The molecule has 7 heteroatoms. The van der Waals surface area contributed by atoms with Gasteiger partial charge in [-0.25, -0.2) is 0 Å². The number of hydrogen-bond acceptors (Lipinski definition) is 6. The maximum Gasteiger partial charge on any atom is 0.276 e. The van der Waals surface area contributed by atoms with Crippen LogP contribution in [0.5, 0.6) is 0 Å². The van der Waals surface area contributed by atoms with Crippen LogP contribution >= 0.6 is 0 Å². The number of benzene rings is 1. The Kier molecular flexibility index (Phi) is 4.74. The van der Waals surface area contributed by atoms with E-state index >= 15 is 0 Å². The van der Waals surface area contributed by atoms with Gasteiger partial charge in [-0.15, -0.1) is 0 Å². The lowest BCUT2D eigenvalue weighted by Crippen LogP contribution is -2.20. The number of hydrogen-bond donors (Lipinski definition) is 3. The number of nitrogens with zero attached hydrogens (tertiary/aromatic N) is 2. The molecule has 0 amide bonds. The maximum absolute atomic E-state index is 10.8. The predicted octanol–water partition coefficient (Wildman–Crippen LogP) is 0.243. The van der Waals surface area contributed by atoms with Gasteiger partial charge < -0.3 is 15.3 Å². The summed E-state index contributed by atoms with van der Waals surface area (Å²) in [5, 5.41) is 47.4. The fourth-order valence-corrected chi connectivity index (χ4v) is 1.52. The molecule has 1 rings (SSSR count). The molecule has 1 aromatic rings. The minimum absolute atomic E-state index is 0.0834. The smallest absolute Gasteiger partial charge is 0.276 e. The molecular formula is C11H12N2O5. The predicted molar refractivity (Wildman–Crippen MR) is 60.5 cm³/mol. The highest BCUT2D eigenvalue weighted by Gasteiger charge is 2.26. The van der Waals surface area contributed by atoms with E-state index < -0.39 is 22.8 Å². The molecule has 0 aromatic heterocycles. The molecule has 18 heavy (non-hydrogen) atoms. The van der Waals surface area contributed by atoms with Crippen molar-refractivity contribution >= 4 is 5.69 Å². The SMILES string of the molecule is N#Cc1ccc(C(O)C(O)CCO)c([N+](=O)[O-])c1. The van der Waals surface area contributed by atoms with Crippen LogP contribution in [0.3, 0.4) is 0 Å². The third-order valence-corrected chi connectivity index (χ3v) is 2.46. The van der Waals surface area contributed by atoms with Gasteiger partial charge in [-0.2, -0.15) is 5.26 Å². The first-order valence-corrected chi connectivity index (χ1v) is 5.16. The summed E-state index contributed by atoms with van der Waals surface area (Å²) in [5.41, 5.74) is -0.423. The first-order valence-electron chi connectivity index (χ1n) is 5.16. The Labute approximate surface area is 103 Å². The van der Waals surface area contributed by atoms with Gasteiger partial charge in [0.25, 0.3) is 5.69 Å². The molecule has 2 atom stereocenters. The molecule has 0 aliphatic carbocycles. The fourth-order valence-electron chi connectivity index (χ4n) is 1.52. The van der Waals surface area contributed by atoms with Gasteiger partial charge in [0.2, 0.25) is 0 Å². The number of nitro groups is 1. The van der Waals surface area contributed by atoms with E-state index in [1.54, 1.807) is 6.07 Å². The van der Waals surface area contributed by atoms with Gasteiger partial charge in [0.1, 0.15) is 6.10 Å². The summed E-state index contributed by atoms with van der Waals surface area (Å²) in [6.45, 7) is -0.345. The molecule has 1 aromatic carbocycles. The number of aliphatic hydroxyl groups is 3. The van der Waals surface area contributed by atoms with Crippen LogP contribution in [0.15, 0.2) is 18.2 Å². The largest absolute Gasteiger partial charge is 0.396 e. The first kappa shape index (κ1) is 14.1. The van der Waals surface area contributed by atoms with E-state index in [2.05, 4.69) is 0 Å². The minimum Gasteiger partial charge on any atom is -0.396 e. The second kappa shape index (κ2) is 6.07. The molecule has 0 heterocycles. The second-order valence-corrected chi connectivity index (χ2v) is 3.67. The molecule has 0 saturated heterocycles. The van der Waals surface area contributed by atoms with Gasteiger partial charge in [0.05, 0.1) is 28.2 Å². The Morgan fingerprint density at radius 3 is 2.61 bits per heavy atom. The molecule has 0 fully saturated rings. The van der Waals surface area contributed by atoms with Crippen LogP contribution in [0.1, 0.15) is 23.7 Å². The van der Waals surface area contributed by atoms with Crippen molar-refractivity contribution in [2.75, 3.05) is 6.61 Å². The van der Waals surface area contributed by atoms with Crippen molar-refractivity contribution in [3.05, 3.63) is 39.4 Å². The van der Waals surface area contributed by atoms with Crippen molar-refractivity contribution in [2.45, 2.75) is 18.6 Å². The Bertz CT molecular complexity index is 483. The molecule has 0 radical (unpaired) electrons. The van der Waals surface area contributed by atoms with Gasteiger partial charge in [0.15, 0.2) is 0 Å². The van der Waals surface area contributed by atoms with Crippen molar-refractivity contribution in [3.8, 4) is 6.07 Å². The molecule has 0 aliphatic heterocycles. The van der Waals surface area contributed by atoms with Gasteiger partial charge >= 0.3 is 0 Å². The molecule has 3 N–H and O–H groups in total. The van der Waals surface area contributed by atoms with Crippen LogP contribution in [-0.2, 0) is 0 Å². The summed E-state index contributed by atoms with van der Waals surface area (Å²) in [7, 11) is 0. The lowest BCUT2D eigenvalue weighted by molar-refractivity contribution is -0.386. The van der Waals surface area contributed by atoms with Crippen LogP contribution in [0.25, 0.3) is 0 Å². The average molecular weight is 252 g/mol. The van der Waals surface area contributed by atoms with Crippen molar-refractivity contribution in [2.24, 2.45) is 0 Å². The van der Waals surface area contributed by atoms with Crippen molar-refractivity contribution in [1.29, 1.82) is 5.26 Å². The van der Waals surface area contributed by atoms with Gasteiger partial charge in [-0.05, 0) is 18.6 Å². The van der Waals surface area contributed by atoms with Gasteiger partial charge in [-0.3, -0.25) is 10.1 Å². The molecule has 7 nitrogen and oxygen atoms in total. The fraction of sp³-hybridized carbons (Fsp3) is 0.364. The molecule has 96 valence electrons. The third-order valence-electron chi connectivity index (χ3n) is 2.46. The standard InChI is InChI=1S/C11H12N2O5/c12-6-7-1-2-8(9(5-7)13(17)18)11(16)10(15)3-4-14/h1-2,5,10-11,14-16H,3-4H2. The van der Waals surface area contributed by atoms with Crippen LogP contribution < -0.4 is 0 Å². The summed E-state index contributed by atoms with van der Waals surface area (Å²) >= 11 is 0. The lowest BCUT2D eigenvalue weighted by Gasteiger charge is -2.17. The van der Waals surface area contributed by atoms with Crippen LogP contribution in [0.4, 0.5) is 5.69 Å². The van der Waals surface area contributed by atoms with E-state index in [0.717, 1.165) is 6.07 Å². The summed E-state index contributed by atoms with van der Waals surface area (Å²) in [5.74, 6) is 0. The zero-order valence-corrected chi connectivity index (χ0v) is 9.35. The van der Waals surface area contributed by atoms with Crippen molar-refractivity contribution in [3.63, 3.8) is 0 Å². The molecule has 0 spiro atoms. The highest BCUT2D eigenvalue weighted by molar-refractivity contribution is 5.48. The molecular weight excluding hydrogens is 240 g/mol. The molecule has 0 saturated carbocycles. The second-order valence-electron chi connectivity index (χ2n) is 3.67. The summed E-state index contributed by atoms with van der Waals surface area (Å²) in [6.07, 6.45) is -2.88. The number of aliphatic hydroxyl groups excluding tert-OH is 3. The monoisotopic (exact) mass is 252 g/mol. The van der Waals surface area contributed by atoms with Crippen LogP contribution in [0, 0.1) is 21.4 Å². The van der Waals surface area contributed by atoms with Crippen molar-refractivity contribution in [1.82, 2.24) is 0 Å².